The van der Waals surface area contributed by atoms with E-state index in [1.165, 1.54) is 6.07 Å². The van der Waals surface area contributed by atoms with Crippen LogP contribution in [0.2, 0.25) is 0 Å². The fourth-order valence-corrected chi connectivity index (χ4v) is 1.43. The topological polar surface area (TPSA) is 63.6 Å². The van der Waals surface area contributed by atoms with Gasteiger partial charge in [0.2, 0.25) is 5.56 Å². The minimum atomic E-state index is -0.111. The molecule has 0 aliphatic heterocycles. The lowest BCUT2D eigenvalue weighted by Gasteiger charge is -2.03. The summed E-state index contributed by atoms with van der Waals surface area (Å²) in [4.78, 5) is 13.5. The van der Waals surface area contributed by atoms with Crippen LogP contribution in [0.25, 0.3) is 11.4 Å². The zero-order valence-electron chi connectivity index (χ0n) is 8.47. The van der Waals surface area contributed by atoms with E-state index in [9.17, 15) is 4.79 Å². The number of nitrogens with one attached hydrogen (secondary N) is 1. The first-order valence-electron chi connectivity index (χ1n) is 4.88. The Kier molecular flexibility index (Phi) is 2.62. The van der Waals surface area contributed by atoms with Crippen LogP contribution in [0.4, 0.5) is 0 Å². The zero-order valence-corrected chi connectivity index (χ0v) is 8.47. The summed E-state index contributed by atoms with van der Waals surface area (Å²) in [5.74, 6) is 0.785. The highest BCUT2D eigenvalue weighted by atomic mass is 16.1. The highest BCUT2D eigenvalue weighted by Crippen LogP contribution is 2.13. The third kappa shape index (κ3) is 1.96. The molecule has 5 nitrogen and oxygen atoms in total. The first-order chi connectivity index (χ1) is 7.31. The number of nitrogens with zero attached hydrogens (tertiary/aromatic N) is 3. The van der Waals surface area contributed by atoms with Crippen molar-refractivity contribution in [2.75, 3.05) is 0 Å². The Morgan fingerprint density at radius 3 is 3.00 bits per heavy atom. The SMILES string of the molecule is CCCn1cnnc1-c1ccc(=O)[nH]c1. The minimum Gasteiger partial charge on any atom is -0.328 e. The van der Waals surface area contributed by atoms with Gasteiger partial charge in [-0.05, 0) is 12.5 Å². The monoisotopic (exact) mass is 204 g/mol. The quantitative estimate of drug-likeness (QED) is 0.812. The molecular weight excluding hydrogens is 192 g/mol. The van der Waals surface area contributed by atoms with Crippen molar-refractivity contribution in [3.8, 4) is 11.4 Å². The fraction of sp³-hybridized carbons (Fsp3) is 0.300. The van der Waals surface area contributed by atoms with Crippen LogP contribution in [0.3, 0.4) is 0 Å². The summed E-state index contributed by atoms with van der Waals surface area (Å²) in [5.41, 5.74) is 0.765. The molecular formula is C10H12N4O. The normalized spacial score (nSPS) is 10.5. The largest absolute Gasteiger partial charge is 0.328 e. The van der Waals surface area contributed by atoms with E-state index >= 15 is 0 Å². The van der Waals surface area contributed by atoms with Crippen LogP contribution < -0.4 is 5.56 Å². The van der Waals surface area contributed by atoms with Gasteiger partial charge < -0.3 is 9.55 Å². The predicted octanol–water partition coefficient (Wildman–Crippen LogP) is 1.04. The molecule has 0 bridgehead atoms. The molecule has 2 aromatic heterocycles. The Hall–Kier alpha value is -1.91. The summed E-state index contributed by atoms with van der Waals surface area (Å²) < 4.78 is 1.97. The molecule has 5 heteroatoms. The number of H-pyrrole nitrogens is 1. The molecule has 1 N–H and O–H groups in total. The van der Waals surface area contributed by atoms with Crippen molar-refractivity contribution >= 4 is 0 Å². The second kappa shape index (κ2) is 4.08. The second-order valence-electron chi connectivity index (χ2n) is 3.29. The smallest absolute Gasteiger partial charge is 0.247 e. The van der Waals surface area contributed by atoms with E-state index in [4.69, 9.17) is 0 Å². The molecule has 0 saturated heterocycles. The van der Waals surface area contributed by atoms with Crippen LogP contribution in [-0.4, -0.2) is 19.7 Å². The molecule has 0 saturated carbocycles. The lowest BCUT2D eigenvalue weighted by Crippen LogP contribution is -2.04. The van der Waals surface area contributed by atoms with E-state index in [-0.39, 0.29) is 5.56 Å². The average molecular weight is 204 g/mol. The van der Waals surface area contributed by atoms with E-state index in [2.05, 4.69) is 22.1 Å². The first-order valence-corrected chi connectivity index (χ1v) is 4.88. The molecule has 0 aliphatic rings. The highest BCUT2D eigenvalue weighted by molar-refractivity contribution is 5.52. The van der Waals surface area contributed by atoms with Gasteiger partial charge in [-0.3, -0.25) is 4.79 Å². The summed E-state index contributed by atoms with van der Waals surface area (Å²) in [5, 5.41) is 7.89. The van der Waals surface area contributed by atoms with Gasteiger partial charge in [-0.15, -0.1) is 10.2 Å². The number of aryl methyl sites for hydroxylation is 1. The van der Waals surface area contributed by atoms with Crippen molar-refractivity contribution in [3.63, 3.8) is 0 Å². The van der Waals surface area contributed by atoms with E-state index in [0.29, 0.717) is 0 Å². The predicted molar refractivity (Wildman–Crippen MR) is 56.4 cm³/mol. The van der Waals surface area contributed by atoms with Gasteiger partial charge in [-0.1, -0.05) is 6.92 Å². The van der Waals surface area contributed by atoms with Crippen molar-refractivity contribution in [2.24, 2.45) is 0 Å². The molecule has 0 fully saturated rings. The molecule has 0 aliphatic carbocycles. The molecule has 0 amide bonds. The summed E-state index contributed by atoms with van der Waals surface area (Å²) in [7, 11) is 0. The Bertz CT molecular complexity index is 480. The van der Waals surface area contributed by atoms with Gasteiger partial charge in [0.15, 0.2) is 5.82 Å². The van der Waals surface area contributed by atoms with Gasteiger partial charge in [0.25, 0.3) is 0 Å². The van der Waals surface area contributed by atoms with Gasteiger partial charge in [0.1, 0.15) is 6.33 Å². The summed E-state index contributed by atoms with van der Waals surface area (Å²) in [6.45, 7) is 2.97. The third-order valence-corrected chi connectivity index (χ3v) is 2.12. The number of hydrogen-bond acceptors (Lipinski definition) is 3. The van der Waals surface area contributed by atoms with E-state index < -0.39 is 0 Å². The Morgan fingerprint density at radius 2 is 2.33 bits per heavy atom. The average Bonchev–Trinajstić information content (AvgIpc) is 2.68. The summed E-state index contributed by atoms with van der Waals surface area (Å²) in [6.07, 6.45) is 4.37. The standard InChI is InChI=1S/C10H12N4O/c1-2-5-14-7-12-13-10(14)8-3-4-9(15)11-6-8/h3-4,6-7H,2,5H2,1H3,(H,11,15). The van der Waals surface area contributed by atoms with Gasteiger partial charge in [-0.25, -0.2) is 0 Å². The van der Waals surface area contributed by atoms with Crippen molar-refractivity contribution in [3.05, 3.63) is 35.0 Å². The van der Waals surface area contributed by atoms with Crippen LogP contribution in [0.1, 0.15) is 13.3 Å². The molecule has 2 heterocycles. The molecule has 2 aromatic rings. The van der Waals surface area contributed by atoms with Gasteiger partial charge in [-0.2, -0.15) is 0 Å². The van der Waals surface area contributed by atoms with Crippen LogP contribution in [0, 0.1) is 0 Å². The Balaban J connectivity index is 2.40. The van der Waals surface area contributed by atoms with Gasteiger partial charge in [0.05, 0.1) is 0 Å². The lowest BCUT2D eigenvalue weighted by atomic mass is 10.2. The zero-order chi connectivity index (χ0) is 10.7. The van der Waals surface area contributed by atoms with Crippen LogP contribution in [0.5, 0.6) is 0 Å². The number of aromatic nitrogens is 4. The summed E-state index contributed by atoms with van der Waals surface area (Å²) in [6, 6.07) is 3.23. The van der Waals surface area contributed by atoms with Crippen molar-refractivity contribution in [1.82, 2.24) is 19.7 Å². The van der Waals surface area contributed by atoms with Crippen LogP contribution in [-0.2, 0) is 6.54 Å². The maximum atomic E-state index is 10.9. The van der Waals surface area contributed by atoms with Crippen LogP contribution >= 0.6 is 0 Å². The Labute approximate surface area is 86.8 Å². The number of rotatable bonds is 3. The molecule has 0 atom stereocenters. The Morgan fingerprint density at radius 1 is 1.47 bits per heavy atom. The van der Waals surface area contributed by atoms with Crippen molar-refractivity contribution < 1.29 is 0 Å². The van der Waals surface area contributed by atoms with Crippen LogP contribution in [0.15, 0.2) is 29.5 Å². The molecule has 2 rings (SSSR count). The van der Waals surface area contributed by atoms with E-state index in [1.54, 1.807) is 18.6 Å². The van der Waals surface area contributed by atoms with E-state index in [0.717, 1.165) is 24.4 Å². The minimum absolute atomic E-state index is 0.111. The van der Waals surface area contributed by atoms with E-state index in [1.807, 2.05) is 4.57 Å². The summed E-state index contributed by atoms with van der Waals surface area (Å²) >= 11 is 0. The van der Waals surface area contributed by atoms with Gasteiger partial charge in [0, 0.05) is 24.4 Å². The van der Waals surface area contributed by atoms with Crippen molar-refractivity contribution in [1.29, 1.82) is 0 Å². The van der Waals surface area contributed by atoms with Crippen molar-refractivity contribution in [2.45, 2.75) is 19.9 Å². The maximum absolute atomic E-state index is 10.9. The third-order valence-electron chi connectivity index (χ3n) is 2.12. The number of aromatic amines is 1. The lowest BCUT2D eigenvalue weighted by molar-refractivity contribution is 0.682. The highest BCUT2D eigenvalue weighted by Gasteiger charge is 2.05. The first kappa shape index (κ1) is 9.64. The molecule has 0 aromatic carbocycles. The molecule has 15 heavy (non-hydrogen) atoms. The molecule has 0 spiro atoms. The molecule has 0 unspecified atom stereocenters. The fourth-order valence-electron chi connectivity index (χ4n) is 1.43. The number of hydrogen-bond donors (Lipinski definition) is 1. The van der Waals surface area contributed by atoms with Gasteiger partial charge >= 0.3 is 0 Å². The molecule has 0 radical (unpaired) electrons. The maximum Gasteiger partial charge on any atom is 0.247 e. The molecule has 78 valence electrons. The second-order valence-corrected chi connectivity index (χ2v) is 3.29. The number of pyridine rings is 1.